The van der Waals surface area contributed by atoms with Gasteiger partial charge >= 0.3 is 0 Å². The number of hydrogen-bond acceptors (Lipinski definition) is 5. The maximum absolute atomic E-state index is 12.1. The summed E-state index contributed by atoms with van der Waals surface area (Å²) in [5.41, 5.74) is 0. The van der Waals surface area contributed by atoms with E-state index in [9.17, 15) is 13.5 Å². The van der Waals surface area contributed by atoms with Gasteiger partial charge < -0.3 is 9.52 Å². The Morgan fingerprint density at radius 2 is 1.87 bits per heavy atom. The van der Waals surface area contributed by atoms with Crippen LogP contribution in [0.25, 0.3) is 10.6 Å². The van der Waals surface area contributed by atoms with Gasteiger partial charge in [-0.2, -0.15) is 0 Å². The van der Waals surface area contributed by atoms with E-state index in [-0.39, 0.29) is 11.4 Å². The molecule has 0 radical (unpaired) electrons. The summed E-state index contributed by atoms with van der Waals surface area (Å²) in [4.78, 5) is 1.11. The first-order valence-electron chi connectivity index (χ1n) is 6.93. The maximum atomic E-state index is 12.1. The van der Waals surface area contributed by atoms with Crippen molar-refractivity contribution in [1.29, 1.82) is 0 Å². The third-order valence-electron chi connectivity index (χ3n) is 3.24. The van der Waals surface area contributed by atoms with E-state index in [1.807, 2.05) is 17.5 Å². The lowest BCUT2D eigenvalue weighted by Crippen LogP contribution is -2.28. The molecule has 5 nitrogen and oxygen atoms in total. The Kier molecular flexibility index (Phi) is 4.63. The molecule has 7 heteroatoms. The van der Waals surface area contributed by atoms with Crippen molar-refractivity contribution in [3.05, 3.63) is 65.7 Å². The summed E-state index contributed by atoms with van der Waals surface area (Å²) in [7, 11) is -3.65. The van der Waals surface area contributed by atoms with Crippen molar-refractivity contribution < 1.29 is 17.9 Å². The van der Waals surface area contributed by atoms with Crippen LogP contribution < -0.4 is 4.72 Å². The number of sulfonamides is 1. The standard InChI is InChI=1S/C16H15NO4S2/c18-13(11-17-23(19,20)12-5-2-1-3-6-12)14-8-9-15(21-14)16-7-4-10-22-16/h1-10,13,17-18H,11H2. The highest BCUT2D eigenvalue weighted by molar-refractivity contribution is 7.89. The van der Waals surface area contributed by atoms with Gasteiger partial charge in [0.1, 0.15) is 17.6 Å². The fourth-order valence-corrected chi connectivity index (χ4v) is 3.80. The summed E-state index contributed by atoms with van der Waals surface area (Å²) in [5.74, 6) is 0.976. The second kappa shape index (κ2) is 6.67. The molecule has 120 valence electrons. The van der Waals surface area contributed by atoms with Gasteiger partial charge in [-0.15, -0.1) is 11.3 Å². The van der Waals surface area contributed by atoms with Gasteiger partial charge in [-0.25, -0.2) is 13.1 Å². The summed E-state index contributed by atoms with van der Waals surface area (Å²) in [6.07, 6.45) is -1.05. The highest BCUT2D eigenvalue weighted by Crippen LogP contribution is 2.28. The van der Waals surface area contributed by atoms with E-state index < -0.39 is 16.1 Å². The number of furan rings is 1. The molecular weight excluding hydrogens is 334 g/mol. The quantitative estimate of drug-likeness (QED) is 0.717. The Hall–Kier alpha value is -1.93. The summed E-state index contributed by atoms with van der Waals surface area (Å²) in [5, 5.41) is 12.1. The van der Waals surface area contributed by atoms with Gasteiger partial charge in [-0.1, -0.05) is 24.3 Å². The summed E-state index contributed by atoms with van der Waals surface area (Å²) in [6.45, 7) is -0.158. The van der Waals surface area contributed by atoms with Crippen molar-refractivity contribution >= 4 is 21.4 Å². The zero-order valence-corrected chi connectivity index (χ0v) is 13.7. The van der Waals surface area contributed by atoms with Crippen molar-refractivity contribution in [2.24, 2.45) is 0 Å². The Morgan fingerprint density at radius 3 is 2.57 bits per heavy atom. The fraction of sp³-hybridized carbons (Fsp3) is 0.125. The normalized spacial score (nSPS) is 13.1. The van der Waals surface area contributed by atoms with Crippen molar-refractivity contribution in [1.82, 2.24) is 4.72 Å². The van der Waals surface area contributed by atoms with E-state index in [4.69, 9.17) is 4.42 Å². The van der Waals surface area contributed by atoms with Crippen molar-refractivity contribution in [2.75, 3.05) is 6.54 Å². The van der Waals surface area contributed by atoms with E-state index in [1.54, 1.807) is 30.3 Å². The highest BCUT2D eigenvalue weighted by atomic mass is 32.2. The van der Waals surface area contributed by atoms with E-state index in [0.717, 1.165) is 4.88 Å². The zero-order valence-electron chi connectivity index (χ0n) is 12.0. The minimum atomic E-state index is -3.65. The largest absolute Gasteiger partial charge is 0.457 e. The van der Waals surface area contributed by atoms with Gasteiger partial charge in [-0.3, -0.25) is 0 Å². The van der Waals surface area contributed by atoms with Gasteiger partial charge in [-0.05, 0) is 35.7 Å². The first-order chi connectivity index (χ1) is 11.1. The van der Waals surface area contributed by atoms with Gasteiger partial charge in [0, 0.05) is 6.54 Å². The predicted molar refractivity (Wildman–Crippen MR) is 88.6 cm³/mol. The SMILES string of the molecule is O=S(=O)(NCC(O)c1ccc(-c2cccs2)o1)c1ccccc1. The highest BCUT2D eigenvalue weighted by Gasteiger charge is 2.18. The smallest absolute Gasteiger partial charge is 0.240 e. The average molecular weight is 349 g/mol. The Morgan fingerprint density at radius 1 is 1.09 bits per heavy atom. The molecule has 0 bridgehead atoms. The summed E-state index contributed by atoms with van der Waals surface area (Å²) in [6, 6.07) is 15.3. The van der Waals surface area contributed by atoms with Gasteiger partial charge in [0.2, 0.25) is 10.0 Å². The topological polar surface area (TPSA) is 79.5 Å². The lowest BCUT2D eigenvalue weighted by atomic mass is 10.3. The Balaban J connectivity index is 1.67. The van der Waals surface area contributed by atoms with E-state index in [1.165, 1.54) is 23.5 Å². The first kappa shape index (κ1) is 15.9. The molecule has 0 amide bonds. The Bertz CT molecular complexity index is 855. The molecule has 1 atom stereocenters. The van der Waals surface area contributed by atoms with E-state index in [2.05, 4.69) is 4.72 Å². The molecule has 1 unspecified atom stereocenters. The van der Waals surface area contributed by atoms with Gasteiger partial charge in [0.05, 0.1) is 9.77 Å². The number of aliphatic hydroxyl groups excluding tert-OH is 1. The minimum Gasteiger partial charge on any atom is -0.457 e. The lowest BCUT2D eigenvalue weighted by Gasteiger charge is -2.10. The van der Waals surface area contributed by atoms with Crippen LogP contribution in [-0.2, 0) is 10.0 Å². The van der Waals surface area contributed by atoms with Crippen LogP contribution in [0, 0.1) is 0 Å². The molecule has 0 spiro atoms. The molecule has 3 aromatic rings. The molecular formula is C16H15NO4S2. The number of rotatable bonds is 6. The van der Waals surface area contributed by atoms with Crippen LogP contribution in [0.5, 0.6) is 0 Å². The molecule has 3 rings (SSSR count). The third kappa shape index (κ3) is 3.70. The molecule has 23 heavy (non-hydrogen) atoms. The second-order valence-corrected chi connectivity index (χ2v) is 7.57. The summed E-state index contributed by atoms with van der Waals surface area (Å²) >= 11 is 1.53. The Labute approximate surface area is 138 Å². The first-order valence-corrected chi connectivity index (χ1v) is 9.29. The molecule has 0 fully saturated rings. The van der Waals surface area contributed by atoms with Gasteiger partial charge in [0.15, 0.2) is 0 Å². The van der Waals surface area contributed by atoms with Gasteiger partial charge in [0.25, 0.3) is 0 Å². The van der Waals surface area contributed by atoms with Crippen LogP contribution in [0.4, 0.5) is 0 Å². The zero-order chi connectivity index (χ0) is 16.3. The van der Waals surface area contributed by atoms with E-state index in [0.29, 0.717) is 11.5 Å². The number of aliphatic hydroxyl groups is 1. The second-order valence-electron chi connectivity index (χ2n) is 4.86. The van der Waals surface area contributed by atoms with Crippen LogP contribution in [0.2, 0.25) is 0 Å². The van der Waals surface area contributed by atoms with Crippen LogP contribution in [0.15, 0.2) is 69.3 Å². The molecule has 0 aliphatic heterocycles. The molecule has 0 saturated carbocycles. The molecule has 2 N–H and O–H groups in total. The lowest BCUT2D eigenvalue weighted by molar-refractivity contribution is 0.155. The van der Waals surface area contributed by atoms with Crippen LogP contribution in [0.1, 0.15) is 11.9 Å². The van der Waals surface area contributed by atoms with Crippen LogP contribution in [-0.4, -0.2) is 20.1 Å². The third-order valence-corrected chi connectivity index (χ3v) is 5.56. The van der Waals surface area contributed by atoms with Crippen LogP contribution in [0.3, 0.4) is 0 Å². The molecule has 0 aliphatic rings. The van der Waals surface area contributed by atoms with Crippen molar-refractivity contribution in [3.8, 4) is 10.6 Å². The molecule has 2 aromatic heterocycles. The summed E-state index contributed by atoms with van der Waals surface area (Å²) < 4.78 is 32.2. The fourth-order valence-electron chi connectivity index (χ4n) is 2.06. The molecule has 0 saturated heterocycles. The number of thiophene rings is 1. The monoisotopic (exact) mass is 349 g/mol. The maximum Gasteiger partial charge on any atom is 0.240 e. The number of benzene rings is 1. The minimum absolute atomic E-state index is 0.158. The molecule has 2 heterocycles. The number of hydrogen-bond donors (Lipinski definition) is 2. The molecule has 1 aromatic carbocycles. The van der Waals surface area contributed by atoms with Crippen LogP contribution >= 0.6 is 11.3 Å². The molecule has 0 aliphatic carbocycles. The predicted octanol–water partition coefficient (Wildman–Crippen LogP) is 3.02. The van der Waals surface area contributed by atoms with E-state index >= 15 is 0 Å². The average Bonchev–Trinajstić information content (AvgIpc) is 3.24. The van der Waals surface area contributed by atoms with Crippen molar-refractivity contribution in [3.63, 3.8) is 0 Å². The number of nitrogens with one attached hydrogen (secondary N) is 1. The van der Waals surface area contributed by atoms with Crippen molar-refractivity contribution in [2.45, 2.75) is 11.0 Å².